The number of anilines is 1. The van der Waals surface area contributed by atoms with E-state index in [1.54, 1.807) is 12.4 Å². The summed E-state index contributed by atoms with van der Waals surface area (Å²) in [5, 5.41) is 0. The average Bonchev–Trinajstić information content (AvgIpc) is 3.01. The van der Waals surface area contributed by atoms with Gasteiger partial charge in [0.25, 0.3) is 0 Å². The third-order valence-corrected chi connectivity index (χ3v) is 3.55. The monoisotopic (exact) mass is 243 g/mol. The molecule has 0 unspecified atom stereocenters. The van der Waals surface area contributed by atoms with Crippen LogP contribution in [-0.2, 0) is 6.54 Å². The SMILES string of the molecule is Cc1nccn1C[C@H]1CCCN1c1cnccn1. The Bertz CT molecular complexity index is 507. The van der Waals surface area contributed by atoms with Crippen LogP contribution in [0.15, 0.2) is 31.0 Å². The second kappa shape index (κ2) is 4.76. The molecule has 5 nitrogen and oxygen atoms in total. The Hall–Kier alpha value is -1.91. The molecule has 94 valence electrons. The minimum Gasteiger partial charge on any atom is -0.351 e. The van der Waals surface area contributed by atoms with Crippen LogP contribution in [-0.4, -0.2) is 32.1 Å². The summed E-state index contributed by atoms with van der Waals surface area (Å²) in [4.78, 5) is 15.2. The van der Waals surface area contributed by atoms with Gasteiger partial charge in [-0.15, -0.1) is 0 Å². The lowest BCUT2D eigenvalue weighted by atomic mass is 10.2. The van der Waals surface area contributed by atoms with Gasteiger partial charge in [-0.25, -0.2) is 9.97 Å². The molecule has 0 amide bonds. The predicted octanol–water partition coefficient (Wildman–Crippen LogP) is 1.65. The Morgan fingerprint density at radius 3 is 2.94 bits per heavy atom. The van der Waals surface area contributed by atoms with E-state index >= 15 is 0 Å². The summed E-state index contributed by atoms with van der Waals surface area (Å²) >= 11 is 0. The van der Waals surface area contributed by atoms with E-state index in [0.717, 1.165) is 24.7 Å². The van der Waals surface area contributed by atoms with Gasteiger partial charge in [-0.3, -0.25) is 4.98 Å². The molecule has 1 saturated heterocycles. The molecule has 3 heterocycles. The molecule has 0 N–H and O–H groups in total. The van der Waals surface area contributed by atoms with Gasteiger partial charge in [-0.05, 0) is 19.8 Å². The van der Waals surface area contributed by atoms with Crippen molar-refractivity contribution in [2.24, 2.45) is 0 Å². The highest BCUT2D eigenvalue weighted by Gasteiger charge is 2.26. The van der Waals surface area contributed by atoms with Crippen LogP contribution in [0.5, 0.6) is 0 Å². The lowest BCUT2D eigenvalue weighted by molar-refractivity contribution is 0.538. The molecule has 0 saturated carbocycles. The molecule has 0 spiro atoms. The summed E-state index contributed by atoms with van der Waals surface area (Å²) in [5.41, 5.74) is 0. The van der Waals surface area contributed by atoms with Crippen molar-refractivity contribution in [2.45, 2.75) is 32.4 Å². The lowest BCUT2D eigenvalue weighted by Crippen LogP contribution is -2.33. The van der Waals surface area contributed by atoms with Crippen molar-refractivity contribution in [2.75, 3.05) is 11.4 Å². The van der Waals surface area contributed by atoms with Crippen LogP contribution in [0, 0.1) is 6.92 Å². The first-order valence-electron chi connectivity index (χ1n) is 6.35. The molecule has 3 rings (SSSR count). The third kappa shape index (κ3) is 2.08. The number of hydrogen-bond donors (Lipinski definition) is 0. The van der Waals surface area contributed by atoms with Crippen LogP contribution >= 0.6 is 0 Å². The summed E-state index contributed by atoms with van der Waals surface area (Å²) in [6.07, 6.45) is 11.6. The zero-order valence-electron chi connectivity index (χ0n) is 10.5. The second-order valence-corrected chi connectivity index (χ2v) is 4.68. The summed E-state index contributed by atoms with van der Waals surface area (Å²) in [7, 11) is 0. The quantitative estimate of drug-likeness (QED) is 0.822. The first kappa shape index (κ1) is 11.2. The van der Waals surface area contributed by atoms with Crippen LogP contribution in [0.25, 0.3) is 0 Å². The fraction of sp³-hybridized carbons (Fsp3) is 0.462. The maximum absolute atomic E-state index is 4.40. The Kier molecular flexibility index (Phi) is 2.96. The van der Waals surface area contributed by atoms with E-state index in [-0.39, 0.29) is 0 Å². The maximum atomic E-state index is 4.40. The van der Waals surface area contributed by atoms with E-state index in [1.807, 2.05) is 25.5 Å². The normalized spacial score (nSPS) is 19.4. The van der Waals surface area contributed by atoms with E-state index in [4.69, 9.17) is 0 Å². The van der Waals surface area contributed by atoms with Gasteiger partial charge >= 0.3 is 0 Å². The molecule has 1 atom stereocenters. The smallest absolute Gasteiger partial charge is 0.147 e. The van der Waals surface area contributed by atoms with Gasteiger partial charge in [0.2, 0.25) is 0 Å². The summed E-state index contributed by atoms with van der Waals surface area (Å²) < 4.78 is 2.21. The Labute approximate surface area is 107 Å². The Balaban J connectivity index is 1.78. The number of rotatable bonds is 3. The van der Waals surface area contributed by atoms with Gasteiger partial charge in [-0.1, -0.05) is 0 Å². The van der Waals surface area contributed by atoms with Crippen molar-refractivity contribution in [3.8, 4) is 0 Å². The number of nitrogens with zero attached hydrogens (tertiary/aromatic N) is 5. The van der Waals surface area contributed by atoms with E-state index in [1.165, 1.54) is 12.8 Å². The van der Waals surface area contributed by atoms with Gasteiger partial charge in [0.05, 0.1) is 6.20 Å². The van der Waals surface area contributed by atoms with Gasteiger partial charge in [0.15, 0.2) is 0 Å². The molecule has 1 aliphatic rings. The van der Waals surface area contributed by atoms with Gasteiger partial charge in [0.1, 0.15) is 11.6 Å². The number of aryl methyl sites for hydroxylation is 1. The molecule has 1 aliphatic heterocycles. The van der Waals surface area contributed by atoms with Crippen molar-refractivity contribution >= 4 is 5.82 Å². The molecule has 2 aromatic rings. The molecule has 1 fully saturated rings. The van der Waals surface area contributed by atoms with Crippen molar-refractivity contribution in [3.63, 3.8) is 0 Å². The van der Waals surface area contributed by atoms with Crippen LogP contribution in [0.3, 0.4) is 0 Å². The van der Waals surface area contributed by atoms with Gasteiger partial charge in [0, 0.05) is 43.9 Å². The maximum Gasteiger partial charge on any atom is 0.147 e. The minimum atomic E-state index is 0.495. The van der Waals surface area contributed by atoms with Gasteiger partial charge < -0.3 is 9.47 Å². The highest BCUT2D eigenvalue weighted by molar-refractivity contribution is 5.38. The molecule has 0 radical (unpaired) electrons. The van der Waals surface area contributed by atoms with Crippen LogP contribution in [0.1, 0.15) is 18.7 Å². The molecule has 5 heteroatoms. The molecule has 2 aromatic heterocycles. The molecule has 18 heavy (non-hydrogen) atoms. The highest BCUT2D eigenvalue weighted by atomic mass is 15.3. The van der Waals surface area contributed by atoms with E-state index < -0.39 is 0 Å². The fourth-order valence-corrected chi connectivity index (χ4v) is 2.59. The number of hydrogen-bond acceptors (Lipinski definition) is 4. The van der Waals surface area contributed by atoms with Crippen LogP contribution in [0.4, 0.5) is 5.82 Å². The average molecular weight is 243 g/mol. The largest absolute Gasteiger partial charge is 0.351 e. The third-order valence-electron chi connectivity index (χ3n) is 3.55. The Morgan fingerprint density at radius 2 is 2.22 bits per heavy atom. The lowest BCUT2D eigenvalue weighted by Gasteiger charge is -2.25. The Morgan fingerprint density at radius 1 is 1.28 bits per heavy atom. The first-order chi connectivity index (χ1) is 8.84. The minimum absolute atomic E-state index is 0.495. The standard InChI is InChI=1S/C13H17N5/c1-11-15-6-8-17(11)10-12-3-2-7-18(12)13-9-14-4-5-16-13/h4-6,8-9,12H,2-3,7,10H2,1H3/t12-/m1/s1. The first-order valence-corrected chi connectivity index (χ1v) is 6.35. The fourth-order valence-electron chi connectivity index (χ4n) is 2.59. The molecule has 0 aromatic carbocycles. The summed E-state index contributed by atoms with van der Waals surface area (Å²) in [5.74, 6) is 2.05. The van der Waals surface area contributed by atoms with E-state index in [2.05, 4.69) is 24.4 Å². The molecule has 0 aliphatic carbocycles. The number of imidazole rings is 1. The van der Waals surface area contributed by atoms with E-state index in [9.17, 15) is 0 Å². The van der Waals surface area contributed by atoms with Crippen LogP contribution in [0.2, 0.25) is 0 Å². The molecule has 0 bridgehead atoms. The van der Waals surface area contributed by atoms with E-state index in [0.29, 0.717) is 6.04 Å². The second-order valence-electron chi connectivity index (χ2n) is 4.68. The topological polar surface area (TPSA) is 46.8 Å². The van der Waals surface area contributed by atoms with Crippen molar-refractivity contribution in [1.82, 2.24) is 19.5 Å². The van der Waals surface area contributed by atoms with Gasteiger partial charge in [-0.2, -0.15) is 0 Å². The molecular weight excluding hydrogens is 226 g/mol. The zero-order chi connectivity index (χ0) is 12.4. The van der Waals surface area contributed by atoms with Crippen molar-refractivity contribution in [1.29, 1.82) is 0 Å². The van der Waals surface area contributed by atoms with Crippen molar-refractivity contribution in [3.05, 3.63) is 36.8 Å². The zero-order valence-corrected chi connectivity index (χ0v) is 10.5. The summed E-state index contributed by atoms with van der Waals surface area (Å²) in [6.45, 7) is 4.08. The van der Waals surface area contributed by atoms with Crippen molar-refractivity contribution < 1.29 is 0 Å². The molecular formula is C13H17N5. The van der Waals surface area contributed by atoms with Crippen LogP contribution < -0.4 is 4.90 Å². The highest BCUT2D eigenvalue weighted by Crippen LogP contribution is 2.24. The number of aromatic nitrogens is 4. The summed E-state index contributed by atoms with van der Waals surface area (Å²) in [6, 6.07) is 0.495. The predicted molar refractivity (Wildman–Crippen MR) is 69.4 cm³/mol.